The van der Waals surface area contributed by atoms with Gasteiger partial charge in [0.2, 0.25) is 5.91 Å². The van der Waals surface area contributed by atoms with Crippen LogP contribution in [0, 0.1) is 11.8 Å². The molecule has 1 rings (SSSR count). The van der Waals surface area contributed by atoms with Crippen LogP contribution < -0.4 is 5.32 Å². The van der Waals surface area contributed by atoms with Crippen molar-refractivity contribution in [1.29, 1.82) is 0 Å². The van der Waals surface area contributed by atoms with Crippen LogP contribution in [0.25, 0.3) is 0 Å². The Labute approximate surface area is 276 Å². The van der Waals surface area contributed by atoms with Crippen molar-refractivity contribution in [2.75, 3.05) is 6.61 Å². The SMILES string of the molecule is CCCCCCCCCCCCCCC[C@@H](O)[C@H](CO)NC(=O)CCCCCC[C@@H]1[C@@H](/C=C/[C@@H](O)CCCCC)[C@H](O)C[C@@H]1O. The minimum atomic E-state index is -0.723. The minimum Gasteiger partial charge on any atom is -0.394 e. The van der Waals surface area contributed by atoms with Gasteiger partial charge in [-0.15, -0.1) is 0 Å². The van der Waals surface area contributed by atoms with Crippen molar-refractivity contribution in [2.45, 2.75) is 205 Å². The fourth-order valence-electron chi connectivity index (χ4n) is 6.87. The molecular formula is C38H73NO6. The van der Waals surface area contributed by atoms with E-state index in [9.17, 15) is 30.3 Å². The average molecular weight is 640 g/mol. The number of carbonyl (C=O) groups is 1. The highest BCUT2D eigenvalue weighted by Gasteiger charge is 2.39. The van der Waals surface area contributed by atoms with Crippen LogP contribution >= 0.6 is 0 Å². The van der Waals surface area contributed by atoms with E-state index in [1.54, 1.807) is 6.08 Å². The van der Waals surface area contributed by atoms with E-state index in [0.717, 1.165) is 70.6 Å². The molecule has 0 radical (unpaired) electrons. The second-order valence-corrected chi connectivity index (χ2v) is 14.0. The molecule has 45 heavy (non-hydrogen) atoms. The lowest BCUT2D eigenvalue weighted by atomic mass is 9.88. The Balaban J connectivity index is 2.14. The summed E-state index contributed by atoms with van der Waals surface area (Å²) < 4.78 is 0. The maximum absolute atomic E-state index is 12.5. The molecule has 0 aromatic heterocycles. The quantitative estimate of drug-likeness (QED) is 0.0357. The van der Waals surface area contributed by atoms with E-state index in [-0.39, 0.29) is 24.3 Å². The molecule has 0 aromatic carbocycles. The Hall–Kier alpha value is -0.990. The van der Waals surface area contributed by atoms with Crippen LogP contribution in [0.15, 0.2) is 12.2 Å². The van der Waals surface area contributed by atoms with Crippen LogP contribution in [0.5, 0.6) is 0 Å². The number of nitrogens with one attached hydrogen (secondary N) is 1. The van der Waals surface area contributed by atoms with Gasteiger partial charge in [-0.3, -0.25) is 4.79 Å². The minimum absolute atomic E-state index is 0.0101. The van der Waals surface area contributed by atoms with Crippen LogP contribution in [0.2, 0.25) is 0 Å². The number of rotatable bonds is 30. The molecule has 0 spiro atoms. The molecule has 1 amide bonds. The molecule has 6 N–H and O–H groups in total. The molecule has 0 saturated heterocycles. The molecule has 7 atom stereocenters. The lowest BCUT2D eigenvalue weighted by molar-refractivity contribution is -0.123. The molecule has 1 aliphatic carbocycles. The molecule has 0 aromatic rings. The summed E-state index contributed by atoms with van der Waals surface area (Å²) >= 11 is 0. The molecule has 266 valence electrons. The topological polar surface area (TPSA) is 130 Å². The van der Waals surface area contributed by atoms with Crippen LogP contribution in [0.4, 0.5) is 0 Å². The van der Waals surface area contributed by atoms with E-state index in [0.29, 0.717) is 19.3 Å². The predicted molar refractivity (Wildman–Crippen MR) is 186 cm³/mol. The largest absolute Gasteiger partial charge is 0.394 e. The Morgan fingerprint density at radius 1 is 0.711 bits per heavy atom. The molecule has 7 nitrogen and oxygen atoms in total. The van der Waals surface area contributed by atoms with Crippen LogP contribution in [0.1, 0.15) is 174 Å². The molecule has 7 heteroatoms. The summed E-state index contributed by atoms with van der Waals surface area (Å²) in [6, 6.07) is -0.611. The number of amides is 1. The third kappa shape index (κ3) is 20.8. The van der Waals surface area contributed by atoms with Gasteiger partial charge in [-0.1, -0.05) is 148 Å². The van der Waals surface area contributed by atoms with E-state index in [4.69, 9.17) is 0 Å². The maximum Gasteiger partial charge on any atom is 0.220 e. The molecule has 1 aliphatic rings. The Bertz CT molecular complexity index is 718. The summed E-state index contributed by atoms with van der Waals surface area (Å²) in [5, 5.41) is 54.3. The predicted octanol–water partition coefficient (Wildman–Crippen LogP) is 7.50. The van der Waals surface area contributed by atoms with Crippen molar-refractivity contribution in [2.24, 2.45) is 11.8 Å². The number of hydrogen-bond acceptors (Lipinski definition) is 6. The first-order chi connectivity index (χ1) is 21.8. The molecule has 1 fully saturated rings. The van der Waals surface area contributed by atoms with E-state index < -0.39 is 30.5 Å². The average Bonchev–Trinajstić information content (AvgIpc) is 3.29. The summed E-state index contributed by atoms with van der Waals surface area (Å²) in [5.74, 6) is -0.271. The van der Waals surface area contributed by atoms with E-state index in [2.05, 4.69) is 19.2 Å². The van der Waals surface area contributed by atoms with Crippen molar-refractivity contribution in [1.82, 2.24) is 5.32 Å². The second-order valence-electron chi connectivity index (χ2n) is 14.0. The number of hydrogen-bond donors (Lipinski definition) is 6. The first-order valence-corrected chi connectivity index (χ1v) is 19.1. The van der Waals surface area contributed by atoms with Crippen LogP contribution in [0.3, 0.4) is 0 Å². The van der Waals surface area contributed by atoms with Gasteiger partial charge in [0.25, 0.3) is 0 Å². The third-order valence-corrected chi connectivity index (χ3v) is 9.88. The second kappa shape index (κ2) is 28.1. The zero-order chi connectivity index (χ0) is 33.1. The Kier molecular flexibility index (Phi) is 26.2. The van der Waals surface area contributed by atoms with Gasteiger partial charge in [0.1, 0.15) is 0 Å². The lowest BCUT2D eigenvalue weighted by Crippen LogP contribution is -2.45. The molecule has 0 heterocycles. The van der Waals surface area contributed by atoms with Crippen molar-refractivity contribution in [3.8, 4) is 0 Å². The van der Waals surface area contributed by atoms with Gasteiger partial charge < -0.3 is 30.8 Å². The van der Waals surface area contributed by atoms with Crippen molar-refractivity contribution >= 4 is 5.91 Å². The first kappa shape index (κ1) is 42.0. The summed E-state index contributed by atoms with van der Waals surface area (Å²) in [4.78, 5) is 12.5. The number of unbranched alkanes of at least 4 members (excludes halogenated alkanes) is 17. The smallest absolute Gasteiger partial charge is 0.220 e. The molecule has 1 saturated carbocycles. The molecule has 0 unspecified atom stereocenters. The highest BCUT2D eigenvalue weighted by atomic mass is 16.3. The Morgan fingerprint density at radius 2 is 1.22 bits per heavy atom. The van der Waals surface area contributed by atoms with Crippen molar-refractivity contribution in [3.05, 3.63) is 12.2 Å². The van der Waals surface area contributed by atoms with Gasteiger partial charge in [-0.2, -0.15) is 0 Å². The monoisotopic (exact) mass is 640 g/mol. The standard InChI is InChI=1S/C38H73NO6/c1-3-5-7-8-9-10-11-12-13-14-15-16-21-25-35(42)34(30-40)39-38(45)26-22-18-17-20-24-32-33(37(44)29-36(32)43)28-27-31(41)23-19-6-4-2/h27-28,31-37,40-44H,3-26,29-30H2,1-2H3,(H,39,45)/b28-27+/t31-,32+,33+,34-,35+,36-,37+/m0/s1. The van der Waals surface area contributed by atoms with E-state index in [1.165, 1.54) is 70.6 Å². The molecule has 0 bridgehead atoms. The zero-order valence-electron chi connectivity index (χ0n) is 29.2. The summed E-state index contributed by atoms with van der Waals surface area (Å²) in [7, 11) is 0. The first-order valence-electron chi connectivity index (χ1n) is 19.1. The summed E-state index contributed by atoms with van der Waals surface area (Å²) in [6.07, 6.45) is 27.5. The van der Waals surface area contributed by atoms with Gasteiger partial charge in [0, 0.05) is 18.8 Å². The highest BCUT2D eigenvalue weighted by Crippen LogP contribution is 2.37. The van der Waals surface area contributed by atoms with Crippen molar-refractivity contribution in [3.63, 3.8) is 0 Å². The fraction of sp³-hybridized carbons (Fsp3) is 0.921. The van der Waals surface area contributed by atoms with Crippen molar-refractivity contribution < 1.29 is 30.3 Å². The van der Waals surface area contributed by atoms with Gasteiger partial charge in [-0.25, -0.2) is 0 Å². The zero-order valence-corrected chi connectivity index (χ0v) is 29.2. The third-order valence-electron chi connectivity index (χ3n) is 9.88. The molecular weight excluding hydrogens is 566 g/mol. The van der Waals surface area contributed by atoms with Gasteiger partial charge in [0.05, 0.1) is 37.1 Å². The maximum atomic E-state index is 12.5. The van der Waals surface area contributed by atoms with E-state index in [1.807, 2.05) is 6.08 Å². The fourth-order valence-corrected chi connectivity index (χ4v) is 6.87. The van der Waals surface area contributed by atoms with Gasteiger partial charge >= 0.3 is 0 Å². The van der Waals surface area contributed by atoms with Gasteiger partial charge in [-0.05, 0) is 31.6 Å². The number of carbonyl (C=O) groups excluding carboxylic acids is 1. The number of aliphatic hydroxyl groups excluding tert-OH is 5. The number of aliphatic hydroxyl groups is 5. The van der Waals surface area contributed by atoms with E-state index >= 15 is 0 Å². The summed E-state index contributed by atoms with van der Waals surface area (Å²) in [6.45, 7) is 4.14. The summed E-state index contributed by atoms with van der Waals surface area (Å²) in [5.41, 5.74) is 0. The lowest BCUT2D eigenvalue weighted by Gasteiger charge is -2.22. The normalized spacial score (nSPS) is 22.2. The van der Waals surface area contributed by atoms with Crippen LogP contribution in [-0.4, -0.2) is 68.5 Å². The Morgan fingerprint density at radius 3 is 1.82 bits per heavy atom. The van der Waals surface area contributed by atoms with Crippen LogP contribution in [-0.2, 0) is 4.79 Å². The highest BCUT2D eigenvalue weighted by molar-refractivity contribution is 5.76. The molecule has 0 aliphatic heterocycles. The van der Waals surface area contributed by atoms with Gasteiger partial charge in [0.15, 0.2) is 0 Å².